The lowest BCUT2D eigenvalue weighted by atomic mass is 10.00. The van der Waals surface area contributed by atoms with Gasteiger partial charge in [-0.05, 0) is 52.6 Å². The van der Waals surface area contributed by atoms with Crippen LogP contribution < -0.4 is 0 Å². The minimum Gasteiger partial charge on any atom is -0.465 e. The summed E-state index contributed by atoms with van der Waals surface area (Å²) in [6.45, 7) is 5.11. The van der Waals surface area contributed by atoms with Crippen molar-refractivity contribution in [2.45, 2.75) is 57.5 Å². The smallest absolute Gasteiger partial charge is 0.320 e. The lowest BCUT2D eigenvalue weighted by molar-refractivity contribution is -0.144. The number of esters is 1. The minimum atomic E-state index is -0.0635. The highest BCUT2D eigenvalue weighted by Gasteiger charge is 2.31. The topological polar surface area (TPSA) is 32.8 Å². The maximum atomic E-state index is 11.6. The Morgan fingerprint density at radius 3 is 2.74 bits per heavy atom. The molecular formula is C15H28N2O2. The van der Waals surface area contributed by atoms with Crippen LogP contribution >= 0.6 is 0 Å². The number of ether oxygens (including phenoxy) is 1. The van der Waals surface area contributed by atoms with Gasteiger partial charge in [0, 0.05) is 18.6 Å². The molecule has 2 rings (SSSR count). The van der Waals surface area contributed by atoms with E-state index < -0.39 is 0 Å². The maximum Gasteiger partial charge on any atom is 0.320 e. The molecule has 2 fully saturated rings. The zero-order valence-electron chi connectivity index (χ0n) is 12.4. The fourth-order valence-corrected chi connectivity index (χ4v) is 3.03. The van der Waals surface area contributed by atoms with Gasteiger partial charge in [-0.25, -0.2) is 0 Å². The van der Waals surface area contributed by atoms with Gasteiger partial charge in [-0.3, -0.25) is 9.69 Å². The van der Waals surface area contributed by atoms with Crippen LogP contribution in [-0.2, 0) is 9.53 Å². The number of piperidine rings is 1. The Morgan fingerprint density at radius 1 is 1.32 bits per heavy atom. The zero-order valence-corrected chi connectivity index (χ0v) is 12.4. The van der Waals surface area contributed by atoms with Crippen LogP contribution in [0.25, 0.3) is 0 Å². The summed E-state index contributed by atoms with van der Waals surface area (Å²) in [4.78, 5) is 16.4. The van der Waals surface area contributed by atoms with Crippen molar-refractivity contribution < 1.29 is 9.53 Å². The molecule has 1 unspecified atom stereocenters. The Morgan fingerprint density at radius 2 is 2.11 bits per heavy atom. The van der Waals surface area contributed by atoms with Gasteiger partial charge in [-0.15, -0.1) is 0 Å². The molecule has 1 atom stereocenters. The first-order valence-electron chi connectivity index (χ1n) is 7.80. The second kappa shape index (κ2) is 7.25. The van der Waals surface area contributed by atoms with Gasteiger partial charge in [-0.1, -0.05) is 6.42 Å². The van der Waals surface area contributed by atoms with Gasteiger partial charge in [0.25, 0.3) is 0 Å². The maximum absolute atomic E-state index is 11.6. The van der Waals surface area contributed by atoms with Crippen molar-refractivity contribution in [3.63, 3.8) is 0 Å². The third-order valence-corrected chi connectivity index (χ3v) is 4.37. The first-order valence-corrected chi connectivity index (χ1v) is 7.80. The molecule has 0 radical (unpaired) electrons. The molecule has 0 spiro atoms. The molecular weight excluding hydrogens is 240 g/mol. The summed E-state index contributed by atoms with van der Waals surface area (Å²) in [5.74, 6) is -0.0635. The summed E-state index contributed by atoms with van der Waals surface area (Å²) >= 11 is 0. The van der Waals surface area contributed by atoms with Crippen LogP contribution in [0.5, 0.6) is 0 Å². The molecule has 19 heavy (non-hydrogen) atoms. The van der Waals surface area contributed by atoms with E-state index in [1.165, 1.54) is 45.1 Å². The van der Waals surface area contributed by atoms with Gasteiger partial charge in [0.05, 0.1) is 13.2 Å². The predicted octanol–water partition coefficient (Wildman–Crippen LogP) is 1.89. The van der Waals surface area contributed by atoms with Crippen molar-refractivity contribution in [1.82, 2.24) is 9.80 Å². The van der Waals surface area contributed by atoms with E-state index in [1.54, 1.807) is 0 Å². The predicted molar refractivity (Wildman–Crippen MR) is 76.1 cm³/mol. The van der Waals surface area contributed by atoms with E-state index in [0.29, 0.717) is 25.2 Å². The molecule has 1 heterocycles. The van der Waals surface area contributed by atoms with Crippen LogP contribution in [0.1, 0.15) is 45.4 Å². The van der Waals surface area contributed by atoms with Crippen LogP contribution in [0.15, 0.2) is 0 Å². The van der Waals surface area contributed by atoms with E-state index in [2.05, 4.69) is 16.8 Å². The van der Waals surface area contributed by atoms with Gasteiger partial charge < -0.3 is 9.64 Å². The molecule has 4 heteroatoms. The Kier molecular flexibility index (Phi) is 5.64. The van der Waals surface area contributed by atoms with Crippen molar-refractivity contribution in [3.8, 4) is 0 Å². The number of rotatable bonds is 7. The third-order valence-electron chi connectivity index (χ3n) is 4.37. The average Bonchev–Trinajstić information content (AvgIpc) is 3.20. The average molecular weight is 268 g/mol. The molecule has 1 saturated heterocycles. The van der Waals surface area contributed by atoms with Crippen molar-refractivity contribution in [3.05, 3.63) is 0 Å². The van der Waals surface area contributed by atoms with Gasteiger partial charge in [0.15, 0.2) is 0 Å². The first kappa shape index (κ1) is 14.8. The molecule has 0 N–H and O–H groups in total. The summed E-state index contributed by atoms with van der Waals surface area (Å²) in [5, 5.41) is 0. The molecule has 0 aromatic carbocycles. The van der Waals surface area contributed by atoms with Gasteiger partial charge in [0.1, 0.15) is 0 Å². The summed E-state index contributed by atoms with van der Waals surface area (Å²) in [6, 6.07) is 1.34. The quantitative estimate of drug-likeness (QED) is 0.660. The van der Waals surface area contributed by atoms with Crippen molar-refractivity contribution in [2.24, 2.45) is 0 Å². The van der Waals surface area contributed by atoms with Gasteiger partial charge >= 0.3 is 5.97 Å². The normalized spacial score (nSPS) is 24.7. The fraction of sp³-hybridized carbons (Fsp3) is 0.933. The van der Waals surface area contributed by atoms with Crippen molar-refractivity contribution >= 4 is 5.97 Å². The number of carbonyl (C=O) groups is 1. The number of nitrogens with zero attached hydrogens (tertiary/aromatic N) is 2. The second-order valence-electron chi connectivity index (χ2n) is 5.93. The first-order chi connectivity index (χ1) is 9.20. The van der Waals surface area contributed by atoms with Crippen LogP contribution in [0.4, 0.5) is 0 Å². The van der Waals surface area contributed by atoms with E-state index >= 15 is 0 Å². The molecule has 0 bridgehead atoms. The van der Waals surface area contributed by atoms with E-state index in [4.69, 9.17) is 4.74 Å². The summed E-state index contributed by atoms with van der Waals surface area (Å²) in [6.07, 6.45) is 7.69. The highest BCUT2D eigenvalue weighted by atomic mass is 16.5. The van der Waals surface area contributed by atoms with E-state index in [1.807, 2.05) is 6.92 Å². The molecule has 0 aromatic heterocycles. The van der Waals surface area contributed by atoms with Gasteiger partial charge in [-0.2, -0.15) is 0 Å². The molecule has 0 amide bonds. The summed E-state index contributed by atoms with van der Waals surface area (Å²) in [5.41, 5.74) is 0. The van der Waals surface area contributed by atoms with E-state index in [-0.39, 0.29) is 5.97 Å². The Balaban J connectivity index is 1.75. The van der Waals surface area contributed by atoms with Crippen LogP contribution in [-0.4, -0.2) is 61.1 Å². The monoisotopic (exact) mass is 268 g/mol. The standard InChI is InChI=1S/C15H28N2O2/c1-3-19-15(18)12-17(14-7-8-14)11-9-13-6-4-5-10-16(13)2/h13-14H,3-12H2,1-2H3. The molecule has 1 aliphatic heterocycles. The summed E-state index contributed by atoms with van der Waals surface area (Å²) < 4.78 is 5.07. The Labute approximate surface area is 117 Å². The highest BCUT2D eigenvalue weighted by Crippen LogP contribution is 2.28. The second-order valence-corrected chi connectivity index (χ2v) is 5.93. The third kappa shape index (κ3) is 4.77. The lowest BCUT2D eigenvalue weighted by Crippen LogP contribution is -2.41. The number of likely N-dealkylation sites (tertiary alicyclic amines) is 1. The summed E-state index contributed by atoms with van der Waals surface area (Å²) in [7, 11) is 2.23. The molecule has 1 saturated carbocycles. The Hall–Kier alpha value is -0.610. The zero-order chi connectivity index (χ0) is 13.7. The number of carbonyl (C=O) groups excluding carboxylic acids is 1. The fourth-order valence-electron chi connectivity index (χ4n) is 3.03. The van der Waals surface area contributed by atoms with Crippen molar-refractivity contribution in [1.29, 1.82) is 0 Å². The largest absolute Gasteiger partial charge is 0.465 e. The Bertz CT molecular complexity index is 292. The van der Waals surface area contributed by atoms with Crippen molar-refractivity contribution in [2.75, 3.05) is 33.3 Å². The van der Waals surface area contributed by atoms with E-state index in [9.17, 15) is 4.79 Å². The molecule has 1 aliphatic carbocycles. The van der Waals surface area contributed by atoms with Crippen LogP contribution in [0.2, 0.25) is 0 Å². The molecule has 4 nitrogen and oxygen atoms in total. The minimum absolute atomic E-state index is 0.0635. The SMILES string of the molecule is CCOC(=O)CN(CCC1CCCCN1C)C1CC1. The highest BCUT2D eigenvalue weighted by molar-refractivity contribution is 5.71. The van der Waals surface area contributed by atoms with Gasteiger partial charge in [0.2, 0.25) is 0 Å². The van der Waals surface area contributed by atoms with Crippen LogP contribution in [0, 0.1) is 0 Å². The molecule has 0 aromatic rings. The molecule has 2 aliphatic rings. The lowest BCUT2D eigenvalue weighted by Gasteiger charge is -2.34. The van der Waals surface area contributed by atoms with E-state index in [0.717, 1.165) is 6.54 Å². The molecule has 110 valence electrons. The number of hydrogen-bond acceptors (Lipinski definition) is 4. The van der Waals surface area contributed by atoms with Crippen LogP contribution in [0.3, 0.4) is 0 Å². The number of hydrogen-bond donors (Lipinski definition) is 0.